The Morgan fingerprint density at radius 2 is 2.19 bits per heavy atom. The molecule has 0 atom stereocenters. The summed E-state index contributed by atoms with van der Waals surface area (Å²) in [5.41, 5.74) is 1.45. The summed E-state index contributed by atoms with van der Waals surface area (Å²) >= 11 is 1.37. The van der Waals surface area contributed by atoms with Gasteiger partial charge in [0.1, 0.15) is 0 Å². The third-order valence-electron chi connectivity index (χ3n) is 2.67. The van der Waals surface area contributed by atoms with E-state index >= 15 is 0 Å². The number of unbranched alkanes of at least 4 members (excludes halogenated alkanes) is 1. The summed E-state index contributed by atoms with van der Waals surface area (Å²) in [6.07, 6.45) is 0.930. The summed E-state index contributed by atoms with van der Waals surface area (Å²) in [6.45, 7) is 0.904. The average molecular weight is 301 g/mol. The number of nitrogens with zero attached hydrogens (tertiary/aromatic N) is 2. The van der Waals surface area contributed by atoms with Crippen molar-refractivity contribution in [3.63, 3.8) is 0 Å². The van der Waals surface area contributed by atoms with Gasteiger partial charge in [0, 0.05) is 18.3 Å². The number of thiazole rings is 1. The first kappa shape index (κ1) is 15.0. The molecule has 2 aromatic rings. The van der Waals surface area contributed by atoms with Crippen molar-refractivity contribution in [3.05, 3.63) is 47.0 Å². The molecule has 0 amide bonds. The Bertz CT molecular complexity index is 619. The topological polar surface area (TPSA) is 75.0 Å². The lowest BCUT2D eigenvalue weighted by atomic mass is 10.2. The van der Waals surface area contributed by atoms with Gasteiger partial charge in [0.25, 0.3) is 0 Å². The Hall–Kier alpha value is -2.39. The van der Waals surface area contributed by atoms with Crippen LogP contribution < -0.4 is 5.32 Å². The summed E-state index contributed by atoms with van der Waals surface area (Å²) in [4.78, 5) is 15.9. The van der Waals surface area contributed by atoms with Gasteiger partial charge in [-0.1, -0.05) is 30.3 Å². The molecule has 0 bridgehead atoms. The standard InChI is InChI=1S/C15H15N3O2S/c16-8-4-5-9-20-14(19)13-11-21-15(18-13)17-10-12-6-2-1-3-7-12/h1-3,6-7,11H,4-5,9-10H2,(H,17,18). The lowest BCUT2D eigenvalue weighted by Crippen LogP contribution is -2.07. The molecule has 6 heteroatoms. The number of ether oxygens (including phenoxy) is 1. The molecule has 21 heavy (non-hydrogen) atoms. The highest BCUT2D eigenvalue weighted by Crippen LogP contribution is 2.17. The molecular formula is C15H15N3O2S. The molecule has 2 rings (SSSR count). The molecule has 1 heterocycles. The highest BCUT2D eigenvalue weighted by atomic mass is 32.1. The maximum Gasteiger partial charge on any atom is 0.357 e. The SMILES string of the molecule is N#CCCCOC(=O)c1csc(NCc2ccccc2)n1. The van der Waals surface area contributed by atoms with Gasteiger partial charge in [0.05, 0.1) is 12.7 Å². The number of carbonyl (C=O) groups is 1. The van der Waals surface area contributed by atoms with Crippen LogP contribution in [-0.2, 0) is 11.3 Å². The number of nitrogens with one attached hydrogen (secondary N) is 1. The molecule has 1 N–H and O–H groups in total. The zero-order valence-electron chi connectivity index (χ0n) is 11.4. The van der Waals surface area contributed by atoms with Crippen LogP contribution in [0.15, 0.2) is 35.7 Å². The number of carbonyl (C=O) groups excluding carboxylic acids is 1. The molecule has 0 aliphatic rings. The zero-order valence-corrected chi connectivity index (χ0v) is 12.2. The fourth-order valence-electron chi connectivity index (χ4n) is 1.61. The van der Waals surface area contributed by atoms with Crippen LogP contribution in [0, 0.1) is 11.3 Å². The van der Waals surface area contributed by atoms with E-state index in [2.05, 4.69) is 10.3 Å². The van der Waals surface area contributed by atoms with Crippen molar-refractivity contribution in [2.24, 2.45) is 0 Å². The summed E-state index contributed by atoms with van der Waals surface area (Å²) in [5, 5.41) is 13.9. The second-order valence-electron chi connectivity index (χ2n) is 4.27. The Morgan fingerprint density at radius 1 is 1.38 bits per heavy atom. The van der Waals surface area contributed by atoms with Crippen LogP contribution in [0.25, 0.3) is 0 Å². The normalized spacial score (nSPS) is 9.86. The Balaban J connectivity index is 1.81. The molecule has 0 saturated carbocycles. The van der Waals surface area contributed by atoms with Crippen molar-refractivity contribution in [2.45, 2.75) is 19.4 Å². The predicted molar refractivity (Wildman–Crippen MR) is 81.0 cm³/mol. The van der Waals surface area contributed by atoms with Crippen molar-refractivity contribution in [3.8, 4) is 6.07 Å². The van der Waals surface area contributed by atoms with E-state index in [4.69, 9.17) is 10.00 Å². The molecule has 0 unspecified atom stereocenters. The molecule has 108 valence electrons. The summed E-state index contributed by atoms with van der Waals surface area (Å²) in [6, 6.07) is 12.0. The molecule has 1 aromatic carbocycles. The number of rotatable bonds is 7. The van der Waals surface area contributed by atoms with Gasteiger partial charge in [-0.3, -0.25) is 0 Å². The van der Waals surface area contributed by atoms with Crippen molar-refractivity contribution >= 4 is 22.4 Å². The lowest BCUT2D eigenvalue weighted by molar-refractivity contribution is 0.0496. The summed E-state index contributed by atoms with van der Waals surface area (Å²) in [5.74, 6) is -0.447. The van der Waals surface area contributed by atoms with E-state index in [-0.39, 0.29) is 6.61 Å². The van der Waals surface area contributed by atoms with Crippen molar-refractivity contribution in [1.82, 2.24) is 4.98 Å². The summed E-state index contributed by atoms with van der Waals surface area (Å²) < 4.78 is 5.03. The number of hydrogen-bond acceptors (Lipinski definition) is 6. The van der Waals surface area contributed by atoms with E-state index in [1.165, 1.54) is 11.3 Å². The van der Waals surface area contributed by atoms with Crippen LogP contribution in [0.3, 0.4) is 0 Å². The fraction of sp³-hybridized carbons (Fsp3) is 0.267. The van der Waals surface area contributed by atoms with Crippen LogP contribution in [0.4, 0.5) is 5.13 Å². The Labute approximate surface area is 127 Å². The predicted octanol–water partition coefficient (Wildman–Crippen LogP) is 3.22. The Kier molecular flexibility index (Phi) is 5.73. The first-order chi connectivity index (χ1) is 10.3. The second kappa shape index (κ2) is 8.02. The minimum Gasteiger partial charge on any atom is -0.461 e. The maximum absolute atomic E-state index is 11.7. The molecule has 0 fully saturated rings. The molecule has 1 aromatic heterocycles. The fourth-order valence-corrected chi connectivity index (χ4v) is 2.29. The van der Waals surface area contributed by atoms with Crippen LogP contribution in [-0.4, -0.2) is 17.6 Å². The molecule has 0 aliphatic heterocycles. The largest absolute Gasteiger partial charge is 0.461 e. The smallest absolute Gasteiger partial charge is 0.357 e. The van der Waals surface area contributed by atoms with Gasteiger partial charge in [0.2, 0.25) is 0 Å². The molecule has 0 radical (unpaired) electrons. The monoisotopic (exact) mass is 301 g/mol. The van der Waals surface area contributed by atoms with Crippen molar-refractivity contribution in [2.75, 3.05) is 11.9 Å². The quantitative estimate of drug-likeness (QED) is 0.628. The number of hydrogen-bond donors (Lipinski definition) is 1. The maximum atomic E-state index is 11.7. The number of aromatic nitrogens is 1. The minimum absolute atomic E-state index is 0.247. The van der Waals surface area contributed by atoms with Crippen LogP contribution in [0.2, 0.25) is 0 Å². The molecular weight excluding hydrogens is 286 g/mol. The number of benzene rings is 1. The van der Waals surface area contributed by atoms with Gasteiger partial charge in [0.15, 0.2) is 10.8 Å². The van der Waals surface area contributed by atoms with Crippen molar-refractivity contribution in [1.29, 1.82) is 5.26 Å². The first-order valence-electron chi connectivity index (χ1n) is 6.57. The Morgan fingerprint density at radius 3 is 2.95 bits per heavy atom. The van der Waals surface area contributed by atoms with Gasteiger partial charge in [-0.25, -0.2) is 9.78 Å². The van der Waals surface area contributed by atoms with Crippen LogP contribution >= 0.6 is 11.3 Å². The first-order valence-corrected chi connectivity index (χ1v) is 7.45. The van der Waals surface area contributed by atoms with Gasteiger partial charge in [-0.15, -0.1) is 11.3 Å². The third-order valence-corrected chi connectivity index (χ3v) is 3.47. The van der Waals surface area contributed by atoms with Crippen molar-refractivity contribution < 1.29 is 9.53 Å². The third kappa shape index (κ3) is 4.89. The molecule has 5 nitrogen and oxygen atoms in total. The van der Waals surface area contributed by atoms with Gasteiger partial charge >= 0.3 is 5.97 Å². The molecule has 0 aliphatic carbocycles. The molecule has 0 saturated heterocycles. The average Bonchev–Trinajstić information content (AvgIpc) is 2.99. The number of esters is 1. The van der Waals surface area contributed by atoms with Crippen LogP contribution in [0.1, 0.15) is 28.9 Å². The van der Waals surface area contributed by atoms with E-state index in [1.807, 2.05) is 36.4 Å². The minimum atomic E-state index is -0.447. The van der Waals surface area contributed by atoms with E-state index in [9.17, 15) is 4.79 Å². The highest BCUT2D eigenvalue weighted by molar-refractivity contribution is 7.13. The van der Waals surface area contributed by atoms with E-state index in [0.717, 1.165) is 5.56 Å². The lowest BCUT2D eigenvalue weighted by Gasteiger charge is -2.02. The van der Waals surface area contributed by atoms with E-state index in [0.29, 0.717) is 30.2 Å². The van der Waals surface area contributed by atoms with Gasteiger partial charge in [-0.2, -0.15) is 5.26 Å². The number of nitriles is 1. The summed E-state index contributed by atoms with van der Waals surface area (Å²) in [7, 11) is 0. The highest BCUT2D eigenvalue weighted by Gasteiger charge is 2.11. The number of anilines is 1. The zero-order chi connectivity index (χ0) is 14.9. The van der Waals surface area contributed by atoms with Gasteiger partial charge in [-0.05, 0) is 12.0 Å². The van der Waals surface area contributed by atoms with E-state index < -0.39 is 5.97 Å². The van der Waals surface area contributed by atoms with Crippen LogP contribution in [0.5, 0.6) is 0 Å². The molecule has 0 spiro atoms. The van der Waals surface area contributed by atoms with E-state index in [1.54, 1.807) is 5.38 Å². The van der Waals surface area contributed by atoms with Gasteiger partial charge < -0.3 is 10.1 Å². The second-order valence-corrected chi connectivity index (χ2v) is 5.13.